The first-order chi connectivity index (χ1) is 8.43. The Kier molecular flexibility index (Phi) is 4.34. The fourth-order valence-electron chi connectivity index (χ4n) is 2.70. The van der Waals surface area contributed by atoms with Crippen molar-refractivity contribution in [3.63, 3.8) is 0 Å². The van der Waals surface area contributed by atoms with Gasteiger partial charge in [-0.15, -0.1) is 0 Å². The summed E-state index contributed by atoms with van der Waals surface area (Å²) in [5.41, 5.74) is 0. The van der Waals surface area contributed by atoms with Crippen LogP contribution >= 0.6 is 0 Å². The van der Waals surface area contributed by atoms with E-state index in [-0.39, 0.29) is 12.1 Å². The molecule has 0 spiro atoms. The second-order valence-corrected chi connectivity index (χ2v) is 7.99. The molecule has 0 unspecified atom stereocenters. The summed E-state index contributed by atoms with van der Waals surface area (Å²) in [6.07, 6.45) is 5.23. The SMILES string of the molecule is CC(C)CN(C1CC1)S(=O)(=O)N1CCCC[C@H]1C. The van der Waals surface area contributed by atoms with Crippen LogP contribution in [0.25, 0.3) is 0 Å². The van der Waals surface area contributed by atoms with Gasteiger partial charge >= 0.3 is 0 Å². The van der Waals surface area contributed by atoms with Gasteiger partial charge in [-0.1, -0.05) is 20.3 Å². The Morgan fingerprint density at radius 3 is 2.39 bits per heavy atom. The maximum absolute atomic E-state index is 12.8. The monoisotopic (exact) mass is 274 g/mol. The van der Waals surface area contributed by atoms with Gasteiger partial charge in [0.05, 0.1) is 0 Å². The van der Waals surface area contributed by atoms with Crippen LogP contribution in [0.5, 0.6) is 0 Å². The highest BCUT2D eigenvalue weighted by molar-refractivity contribution is 7.86. The third kappa shape index (κ3) is 3.06. The van der Waals surface area contributed by atoms with Crippen LogP contribution in [0.15, 0.2) is 0 Å². The van der Waals surface area contributed by atoms with Gasteiger partial charge in [-0.3, -0.25) is 0 Å². The van der Waals surface area contributed by atoms with Gasteiger partial charge in [-0.25, -0.2) is 0 Å². The van der Waals surface area contributed by atoms with E-state index in [4.69, 9.17) is 0 Å². The molecule has 0 aromatic rings. The van der Waals surface area contributed by atoms with Crippen molar-refractivity contribution in [2.24, 2.45) is 5.92 Å². The van der Waals surface area contributed by atoms with Crippen LogP contribution in [0.2, 0.25) is 0 Å². The van der Waals surface area contributed by atoms with Crippen molar-refractivity contribution in [1.29, 1.82) is 0 Å². The van der Waals surface area contributed by atoms with Gasteiger partial charge in [0.1, 0.15) is 0 Å². The quantitative estimate of drug-likeness (QED) is 0.771. The maximum atomic E-state index is 12.8. The third-order valence-corrected chi connectivity index (χ3v) is 6.01. The Morgan fingerprint density at radius 2 is 1.89 bits per heavy atom. The molecular formula is C13H26N2O2S. The van der Waals surface area contributed by atoms with Crippen molar-refractivity contribution in [3.05, 3.63) is 0 Å². The summed E-state index contributed by atoms with van der Waals surface area (Å²) in [4.78, 5) is 0. The fourth-order valence-corrected chi connectivity index (χ4v) is 4.97. The Labute approximate surface area is 112 Å². The first-order valence-corrected chi connectivity index (χ1v) is 8.61. The van der Waals surface area contributed by atoms with E-state index < -0.39 is 10.2 Å². The molecule has 2 aliphatic rings. The molecule has 1 aliphatic carbocycles. The van der Waals surface area contributed by atoms with Gasteiger partial charge < -0.3 is 0 Å². The van der Waals surface area contributed by atoms with Crippen molar-refractivity contribution >= 4 is 10.2 Å². The normalized spacial score (nSPS) is 27.1. The number of rotatable bonds is 5. The average molecular weight is 274 g/mol. The summed E-state index contributed by atoms with van der Waals surface area (Å²) in [6.45, 7) is 7.58. The van der Waals surface area contributed by atoms with Crippen LogP contribution in [0.3, 0.4) is 0 Å². The molecule has 2 rings (SSSR count). The standard InChI is InChI=1S/C13H26N2O2S/c1-11(2)10-15(13-7-8-13)18(16,17)14-9-5-4-6-12(14)3/h11-13H,4-10H2,1-3H3/t12-/m1/s1. The lowest BCUT2D eigenvalue weighted by molar-refractivity contribution is 0.236. The minimum atomic E-state index is -3.24. The predicted octanol–water partition coefficient (Wildman–Crippen LogP) is 2.23. The summed E-state index contributed by atoms with van der Waals surface area (Å²) in [7, 11) is -3.24. The molecule has 2 fully saturated rings. The lowest BCUT2D eigenvalue weighted by Gasteiger charge is -2.37. The van der Waals surface area contributed by atoms with Crippen molar-refractivity contribution in [2.45, 2.75) is 65.0 Å². The van der Waals surface area contributed by atoms with Crippen LogP contribution < -0.4 is 0 Å². The summed E-state index contributed by atoms with van der Waals surface area (Å²) in [5.74, 6) is 0.389. The molecule has 1 aliphatic heterocycles. The van der Waals surface area contributed by atoms with E-state index in [0.29, 0.717) is 19.0 Å². The van der Waals surface area contributed by atoms with Gasteiger partial charge in [-0.05, 0) is 38.5 Å². The molecule has 0 radical (unpaired) electrons. The molecule has 18 heavy (non-hydrogen) atoms. The maximum Gasteiger partial charge on any atom is 0.282 e. The molecule has 0 aromatic carbocycles. The lowest BCUT2D eigenvalue weighted by Crippen LogP contribution is -2.51. The Balaban J connectivity index is 2.15. The van der Waals surface area contributed by atoms with Crippen molar-refractivity contribution in [2.75, 3.05) is 13.1 Å². The van der Waals surface area contributed by atoms with Crippen LogP contribution in [-0.4, -0.2) is 42.2 Å². The molecule has 5 heteroatoms. The smallest absolute Gasteiger partial charge is 0.195 e. The van der Waals surface area contributed by atoms with Crippen molar-refractivity contribution in [1.82, 2.24) is 8.61 Å². The lowest BCUT2D eigenvalue weighted by atomic mass is 10.1. The van der Waals surface area contributed by atoms with Crippen LogP contribution in [0, 0.1) is 5.92 Å². The Morgan fingerprint density at radius 1 is 1.22 bits per heavy atom. The highest BCUT2D eigenvalue weighted by Gasteiger charge is 2.42. The summed E-state index contributed by atoms with van der Waals surface area (Å²) < 4.78 is 29.0. The molecule has 0 bridgehead atoms. The van der Waals surface area contributed by atoms with E-state index in [1.165, 1.54) is 0 Å². The molecule has 106 valence electrons. The molecule has 1 heterocycles. The predicted molar refractivity (Wildman–Crippen MR) is 73.5 cm³/mol. The van der Waals surface area contributed by atoms with Gasteiger partial charge in [0.25, 0.3) is 10.2 Å². The largest absolute Gasteiger partial charge is 0.282 e. The fraction of sp³-hybridized carbons (Fsp3) is 1.00. The third-order valence-electron chi connectivity index (χ3n) is 3.83. The first kappa shape index (κ1) is 14.3. The van der Waals surface area contributed by atoms with Gasteiger partial charge in [-0.2, -0.15) is 17.0 Å². The summed E-state index contributed by atoms with van der Waals surface area (Å²) in [6, 6.07) is 0.434. The molecule has 0 amide bonds. The number of hydrogen-bond acceptors (Lipinski definition) is 2. The minimum Gasteiger partial charge on any atom is -0.195 e. The van der Waals surface area contributed by atoms with Crippen LogP contribution in [-0.2, 0) is 10.2 Å². The summed E-state index contributed by atoms with van der Waals surface area (Å²) >= 11 is 0. The zero-order chi connectivity index (χ0) is 13.3. The molecule has 1 atom stereocenters. The van der Waals surface area contributed by atoms with E-state index in [1.807, 2.05) is 6.92 Å². The van der Waals surface area contributed by atoms with Gasteiger partial charge in [0.2, 0.25) is 0 Å². The first-order valence-electron chi connectivity index (χ1n) is 7.21. The molecule has 4 nitrogen and oxygen atoms in total. The molecule has 0 aromatic heterocycles. The van der Waals surface area contributed by atoms with Gasteiger partial charge in [0.15, 0.2) is 0 Å². The molecule has 0 N–H and O–H groups in total. The van der Waals surface area contributed by atoms with E-state index in [2.05, 4.69) is 13.8 Å². The van der Waals surface area contributed by atoms with E-state index in [1.54, 1.807) is 8.61 Å². The number of piperidine rings is 1. The van der Waals surface area contributed by atoms with Crippen LogP contribution in [0.4, 0.5) is 0 Å². The van der Waals surface area contributed by atoms with Crippen molar-refractivity contribution < 1.29 is 8.42 Å². The molecule has 1 saturated carbocycles. The van der Waals surface area contributed by atoms with E-state index >= 15 is 0 Å². The van der Waals surface area contributed by atoms with Crippen molar-refractivity contribution in [3.8, 4) is 0 Å². The molecular weight excluding hydrogens is 248 g/mol. The van der Waals surface area contributed by atoms with Crippen LogP contribution in [0.1, 0.15) is 52.9 Å². The second kappa shape index (κ2) is 5.47. The Bertz CT molecular complexity index is 376. The zero-order valence-corrected chi connectivity index (χ0v) is 12.6. The number of nitrogens with zero attached hydrogens (tertiary/aromatic N) is 2. The topological polar surface area (TPSA) is 40.6 Å². The highest BCUT2D eigenvalue weighted by atomic mass is 32.2. The zero-order valence-electron chi connectivity index (χ0n) is 11.8. The minimum absolute atomic E-state index is 0.164. The van der Waals surface area contributed by atoms with E-state index in [0.717, 1.165) is 32.1 Å². The second-order valence-electron chi connectivity index (χ2n) is 6.16. The number of hydrogen-bond donors (Lipinski definition) is 0. The Hall–Kier alpha value is -0.130. The molecule has 1 saturated heterocycles. The van der Waals surface area contributed by atoms with Gasteiger partial charge in [0, 0.05) is 25.2 Å². The highest BCUT2D eigenvalue weighted by Crippen LogP contribution is 2.33. The average Bonchev–Trinajstić information content (AvgIpc) is 3.09. The van der Waals surface area contributed by atoms with E-state index in [9.17, 15) is 8.42 Å². The summed E-state index contributed by atoms with van der Waals surface area (Å²) in [5, 5.41) is 0.